The number of ether oxygens (including phenoxy) is 1. The molecule has 118 valence electrons. The number of nitrogens with zero attached hydrogens (tertiary/aromatic N) is 2. The number of hydrogen-bond acceptors (Lipinski definition) is 4. The topological polar surface area (TPSA) is 68.8 Å². The van der Waals surface area contributed by atoms with Gasteiger partial charge in [0.2, 0.25) is 0 Å². The number of benzene rings is 1. The van der Waals surface area contributed by atoms with Gasteiger partial charge in [0, 0.05) is 6.54 Å². The van der Waals surface area contributed by atoms with Crippen molar-refractivity contribution in [2.45, 2.75) is 33.1 Å². The maximum atomic E-state index is 9.40. The molecule has 1 N–H and O–H groups in total. The van der Waals surface area contributed by atoms with Gasteiger partial charge >= 0.3 is 0 Å². The van der Waals surface area contributed by atoms with E-state index in [9.17, 15) is 5.26 Å². The predicted octanol–water partition coefficient (Wildman–Crippen LogP) is 4.50. The molecule has 0 amide bonds. The van der Waals surface area contributed by atoms with Crippen LogP contribution in [0.2, 0.25) is 0 Å². The summed E-state index contributed by atoms with van der Waals surface area (Å²) in [6.45, 7) is 5.03. The Bertz CT molecular complexity index is 705. The van der Waals surface area contributed by atoms with Crippen LogP contribution < -0.4 is 10.1 Å². The highest BCUT2D eigenvalue weighted by molar-refractivity contribution is 5.67. The molecular formula is C19H21N3O. The SMILES string of the molecule is CCCCNc1cc(C#N)cc(C#N)c1OC1=CCC(C)C=C1. The molecule has 0 saturated carbocycles. The molecule has 1 aliphatic rings. The van der Waals surface area contributed by atoms with Crippen molar-refractivity contribution in [2.75, 3.05) is 11.9 Å². The summed E-state index contributed by atoms with van der Waals surface area (Å²) in [5.41, 5.74) is 1.52. The molecule has 1 atom stereocenters. The zero-order valence-corrected chi connectivity index (χ0v) is 13.6. The van der Waals surface area contributed by atoms with Gasteiger partial charge in [0.15, 0.2) is 5.75 Å². The molecule has 4 heteroatoms. The van der Waals surface area contributed by atoms with E-state index in [-0.39, 0.29) is 0 Å². The lowest BCUT2D eigenvalue weighted by Crippen LogP contribution is -2.07. The van der Waals surface area contributed by atoms with Crippen molar-refractivity contribution in [3.63, 3.8) is 0 Å². The van der Waals surface area contributed by atoms with Crippen LogP contribution in [0.25, 0.3) is 0 Å². The molecule has 0 radical (unpaired) electrons. The van der Waals surface area contributed by atoms with Gasteiger partial charge in [0.05, 0.1) is 22.9 Å². The summed E-state index contributed by atoms with van der Waals surface area (Å²) in [6.07, 6.45) is 9.05. The fourth-order valence-corrected chi connectivity index (χ4v) is 2.32. The lowest BCUT2D eigenvalue weighted by molar-refractivity contribution is 0.435. The first-order valence-corrected chi connectivity index (χ1v) is 7.96. The molecule has 0 spiro atoms. The van der Waals surface area contributed by atoms with Gasteiger partial charge in [-0.3, -0.25) is 0 Å². The zero-order chi connectivity index (χ0) is 16.7. The Morgan fingerprint density at radius 1 is 1.30 bits per heavy atom. The Morgan fingerprint density at radius 2 is 2.13 bits per heavy atom. The minimum atomic E-state index is 0.371. The third-order valence-corrected chi connectivity index (χ3v) is 3.68. The highest BCUT2D eigenvalue weighted by Crippen LogP contribution is 2.33. The summed E-state index contributed by atoms with van der Waals surface area (Å²) in [6, 6.07) is 7.53. The fourth-order valence-electron chi connectivity index (χ4n) is 2.32. The maximum absolute atomic E-state index is 9.40. The van der Waals surface area contributed by atoms with E-state index in [0.29, 0.717) is 28.5 Å². The summed E-state index contributed by atoms with van der Waals surface area (Å²) < 4.78 is 5.97. The minimum Gasteiger partial charge on any atom is -0.454 e. The van der Waals surface area contributed by atoms with Crippen molar-refractivity contribution < 1.29 is 4.74 Å². The molecule has 1 aliphatic carbocycles. The van der Waals surface area contributed by atoms with E-state index < -0.39 is 0 Å². The average molecular weight is 307 g/mol. The number of nitrogens with one attached hydrogen (secondary N) is 1. The van der Waals surface area contributed by atoms with Crippen LogP contribution in [-0.4, -0.2) is 6.54 Å². The lowest BCUT2D eigenvalue weighted by Gasteiger charge is -2.17. The number of unbranched alkanes of at least 4 members (excludes halogenated alkanes) is 1. The first kappa shape index (κ1) is 16.6. The molecule has 0 aliphatic heterocycles. The molecule has 0 bridgehead atoms. The van der Waals surface area contributed by atoms with Crippen LogP contribution in [0.3, 0.4) is 0 Å². The zero-order valence-electron chi connectivity index (χ0n) is 13.6. The molecule has 1 aromatic carbocycles. The summed E-state index contributed by atoms with van der Waals surface area (Å²) in [7, 11) is 0. The molecule has 0 aromatic heterocycles. The second-order valence-corrected chi connectivity index (χ2v) is 5.69. The molecular weight excluding hydrogens is 286 g/mol. The number of nitriles is 2. The van der Waals surface area contributed by atoms with E-state index in [2.05, 4.69) is 37.4 Å². The second-order valence-electron chi connectivity index (χ2n) is 5.69. The van der Waals surface area contributed by atoms with Crippen LogP contribution in [0.15, 0.2) is 36.1 Å². The van der Waals surface area contributed by atoms with Gasteiger partial charge in [-0.1, -0.05) is 26.3 Å². The number of rotatable bonds is 6. The number of allylic oxidation sites excluding steroid dienone is 3. The lowest BCUT2D eigenvalue weighted by atomic mass is 10.0. The van der Waals surface area contributed by atoms with E-state index in [1.807, 2.05) is 12.2 Å². The monoisotopic (exact) mass is 307 g/mol. The highest BCUT2D eigenvalue weighted by Gasteiger charge is 2.15. The first-order chi connectivity index (χ1) is 11.2. The van der Waals surface area contributed by atoms with Crippen molar-refractivity contribution in [3.05, 3.63) is 47.2 Å². The smallest absolute Gasteiger partial charge is 0.168 e. The number of anilines is 1. The van der Waals surface area contributed by atoms with Gasteiger partial charge in [-0.25, -0.2) is 0 Å². The number of hydrogen-bond donors (Lipinski definition) is 1. The van der Waals surface area contributed by atoms with Crippen LogP contribution in [0.1, 0.15) is 44.2 Å². The van der Waals surface area contributed by atoms with Crippen molar-refractivity contribution in [1.82, 2.24) is 0 Å². The first-order valence-electron chi connectivity index (χ1n) is 7.96. The van der Waals surface area contributed by atoms with Gasteiger partial charge in [-0.15, -0.1) is 0 Å². The molecule has 23 heavy (non-hydrogen) atoms. The van der Waals surface area contributed by atoms with Gasteiger partial charge in [0.1, 0.15) is 11.8 Å². The molecule has 1 unspecified atom stereocenters. The van der Waals surface area contributed by atoms with Crippen LogP contribution in [0.4, 0.5) is 5.69 Å². The Hall–Kier alpha value is -2.72. The minimum absolute atomic E-state index is 0.371. The molecule has 2 rings (SSSR count). The van der Waals surface area contributed by atoms with Crippen LogP contribution in [0.5, 0.6) is 5.75 Å². The normalized spacial score (nSPS) is 16.2. The van der Waals surface area contributed by atoms with Gasteiger partial charge in [0.25, 0.3) is 0 Å². The van der Waals surface area contributed by atoms with Crippen molar-refractivity contribution >= 4 is 5.69 Å². The van der Waals surface area contributed by atoms with Gasteiger partial charge < -0.3 is 10.1 Å². The molecule has 0 fully saturated rings. The molecule has 0 saturated heterocycles. The van der Waals surface area contributed by atoms with E-state index in [1.54, 1.807) is 12.1 Å². The summed E-state index contributed by atoms with van der Waals surface area (Å²) >= 11 is 0. The van der Waals surface area contributed by atoms with Gasteiger partial charge in [-0.05, 0) is 43.0 Å². The highest BCUT2D eigenvalue weighted by atomic mass is 16.5. The quantitative estimate of drug-likeness (QED) is 0.786. The third kappa shape index (κ3) is 4.37. The Labute approximate surface area is 137 Å². The predicted molar refractivity (Wildman–Crippen MR) is 90.9 cm³/mol. The van der Waals surface area contributed by atoms with Crippen LogP contribution >= 0.6 is 0 Å². The van der Waals surface area contributed by atoms with Crippen molar-refractivity contribution in [2.24, 2.45) is 5.92 Å². The average Bonchev–Trinajstić information content (AvgIpc) is 2.58. The Kier molecular flexibility index (Phi) is 5.83. The van der Waals surface area contributed by atoms with E-state index in [0.717, 1.165) is 31.6 Å². The van der Waals surface area contributed by atoms with Crippen molar-refractivity contribution in [3.8, 4) is 17.9 Å². The van der Waals surface area contributed by atoms with Crippen LogP contribution in [-0.2, 0) is 0 Å². The summed E-state index contributed by atoms with van der Waals surface area (Å²) in [5, 5.41) is 21.8. The Balaban J connectivity index is 2.33. The van der Waals surface area contributed by atoms with Gasteiger partial charge in [-0.2, -0.15) is 10.5 Å². The second kappa shape index (κ2) is 8.06. The van der Waals surface area contributed by atoms with E-state index >= 15 is 0 Å². The molecule has 0 heterocycles. The summed E-state index contributed by atoms with van der Waals surface area (Å²) in [4.78, 5) is 0. The fraction of sp³-hybridized carbons (Fsp3) is 0.368. The third-order valence-electron chi connectivity index (χ3n) is 3.68. The summed E-state index contributed by atoms with van der Waals surface area (Å²) in [5.74, 6) is 1.73. The standard InChI is InChI=1S/C19H21N3O/c1-3-4-9-22-18-11-15(12-20)10-16(13-21)19(18)23-17-7-5-14(2)6-8-17/h5,7-8,10-11,14,22H,3-4,6,9H2,1-2H3. The molecule has 4 nitrogen and oxygen atoms in total. The van der Waals surface area contributed by atoms with Crippen LogP contribution in [0, 0.1) is 28.6 Å². The molecule has 1 aromatic rings. The largest absolute Gasteiger partial charge is 0.454 e. The van der Waals surface area contributed by atoms with E-state index in [1.165, 1.54) is 0 Å². The Morgan fingerprint density at radius 3 is 2.74 bits per heavy atom. The van der Waals surface area contributed by atoms with Crippen molar-refractivity contribution in [1.29, 1.82) is 10.5 Å². The van der Waals surface area contributed by atoms with E-state index in [4.69, 9.17) is 10.00 Å². The maximum Gasteiger partial charge on any atom is 0.168 e.